The number of nitrogens with zero attached hydrogens (tertiary/aromatic N) is 1. The van der Waals surface area contributed by atoms with E-state index in [1.807, 2.05) is 24.3 Å². The summed E-state index contributed by atoms with van der Waals surface area (Å²) < 4.78 is 38.6. The van der Waals surface area contributed by atoms with E-state index in [0.29, 0.717) is 17.8 Å². The van der Waals surface area contributed by atoms with Crippen molar-refractivity contribution < 1.29 is 13.2 Å². The zero-order valence-corrected chi connectivity index (χ0v) is 12.9. The van der Waals surface area contributed by atoms with Crippen LogP contribution in [0.1, 0.15) is 22.3 Å². The number of aliphatic imine (C=N–C) groups is 1. The molecule has 0 N–H and O–H groups in total. The minimum absolute atomic E-state index is 0. The van der Waals surface area contributed by atoms with Crippen molar-refractivity contribution in [2.24, 2.45) is 4.99 Å². The van der Waals surface area contributed by atoms with Crippen molar-refractivity contribution in [1.29, 1.82) is 0 Å². The van der Waals surface area contributed by atoms with Crippen LogP contribution in [0.5, 0.6) is 0 Å². The molecule has 3 rings (SSSR count). The maximum absolute atomic E-state index is 12.9. The van der Waals surface area contributed by atoms with Gasteiger partial charge in [0, 0.05) is 22.7 Å². The van der Waals surface area contributed by atoms with Gasteiger partial charge in [-0.05, 0) is 30.2 Å². The number of fused-ring (bicyclic) bond motifs is 1. The van der Waals surface area contributed by atoms with Gasteiger partial charge in [0.15, 0.2) is 0 Å². The van der Waals surface area contributed by atoms with Crippen molar-refractivity contribution in [3.63, 3.8) is 0 Å². The molecule has 116 valence electrons. The number of benzene rings is 2. The third-order valence-electron chi connectivity index (χ3n) is 3.47. The molecule has 0 saturated heterocycles. The Morgan fingerprint density at radius 1 is 1.00 bits per heavy atom. The maximum Gasteiger partial charge on any atom is 0.416 e. The van der Waals surface area contributed by atoms with E-state index >= 15 is 0 Å². The summed E-state index contributed by atoms with van der Waals surface area (Å²) in [5.74, 6) is 0. The first-order valence-electron chi connectivity index (χ1n) is 6.46. The molecule has 0 atom stereocenters. The van der Waals surface area contributed by atoms with Crippen molar-refractivity contribution in [1.82, 2.24) is 0 Å². The van der Waals surface area contributed by atoms with Crippen LogP contribution < -0.4 is 0 Å². The first kappa shape index (κ1) is 16.8. The Kier molecular flexibility index (Phi) is 4.83. The number of rotatable bonds is 1. The van der Waals surface area contributed by atoms with Gasteiger partial charge >= 0.3 is 6.18 Å². The van der Waals surface area contributed by atoms with Crippen LogP contribution in [0.15, 0.2) is 47.5 Å². The monoisotopic (exact) mass is 345 g/mol. The van der Waals surface area contributed by atoms with Crippen molar-refractivity contribution in [3.8, 4) is 0 Å². The molecule has 0 aliphatic carbocycles. The lowest BCUT2D eigenvalue weighted by molar-refractivity contribution is -0.137. The lowest BCUT2D eigenvalue weighted by atomic mass is 9.92. The van der Waals surface area contributed by atoms with Crippen LogP contribution in [0.4, 0.5) is 13.2 Å². The molecule has 1 aliphatic heterocycles. The van der Waals surface area contributed by atoms with E-state index in [2.05, 4.69) is 4.99 Å². The summed E-state index contributed by atoms with van der Waals surface area (Å²) in [6.07, 6.45) is -3.61. The number of hydrogen-bond acceptors (Lipinski definition) is 1. The Hall–Kier alpha value is -1.52. The Labute approximate surface area is 137 Å². The zero-order chi connectivity index (χ0) is 15.0. The molecule has 22 heavy (non-hydrogen) atoms. The number of alkyl halides is 3. The highest BCUT2D eigenvalue weighted by atomic mass is 35.5. The van der Waals surface area contributed by atoms with Crippen LogP contribution in [0, 0.1) is 0 Å². The molecule has 1 aliphatic rings. The summed E-state index contributed by atoms with van der Waals surface area (Å²) in [6.45, 7) is 0.554. The second-order valence-corrected chi connectivity index (χ2v) is 5.24. The third kappa shape index (κ3) is 3.13. The van der Waals surface area contributed by atoms with Crippen LogP contribution in [-0.4, -0.2) is 12.3 Å². The normalized spacial score (nSPS) is 13.9. The first-order valence-corrected chi connectivity index (χ1v) is 6.84. The summed E-state index contributed by atoms with van der Waals surface area (Å²) in [7, 11) is 0. The predicted octanol–water partition coefficient (Wildman–Crippen LogP) is 5.17. The fourth-order valence-electron chi connectivity index (χ4n) is 2.46. The van der Waals surface area contributed by atoms with Gasteiger partial charge in [-0.25, -0.2) is 0 Å². The molecular formula is C16H12Cl2F3N. The van der Waals surface area contributed by atoms with Crippen molar-refractivity contribution in [2.75, 3.05) is 6.54 Å². The average Bonchev–Trinajstić information content (AvgIpc) is 2.46. The Bertz CT molecular complexity index is 724. The molecule has 0 radical (unpaired) electrons. The molecule has 0 aromatic heterocycles. The molecule has 0 bridgehead atoms. The van der Waals surface area contributed by atoms with Gasteiger partial charge in [-0.1, -0.05) is 35.9 Å². The highest BCUT2D eigenvalue weighted by Gasteiger charge is 2.31. The Morgan fingerprint density at radius 2 is 1.73 bits per heavy atom. The largest absolute Gasteiger partial charge is 0.416 e. The van der Waals surface area contributed by atoms with E-state index in [4.69, 9.17) is 11.6 Å². The smallest absolute Gasteiger partial charge is 0.284 e. The minimum Gasteiger partial charge on any atom is -0.284 e. The predicted molar refractivity (Wildman–Crippen MR) is 84.4 cm³/mol. The van der Waals surface area contributed by atoms with Crippen molar-refractivity contribution in [2.45, 2.75) is 12.6 Å². The molecular weight excluding hydrogens is 334 g/mol. The molecule has 2 aromatic carbocycles. The van der Waals surface area contributed by atoms with Gasteiger partial charge in [-0.15, -0.1) is 12.4 Å². The van der Waals surface area contributed by atoms with Gasteiger partial charge < -0.3 is 0 Å². The maximum atomic E-state index is 12.9. The van der Waals surface area contributed by atoms with E-state index in [1.54, 1.807) is 0 Å². The number of halogens is 5. The van der Waals surface area contributed by atoms with E-state index < -0.39 is 11.7 Å². The summed E-state index contributed by atoms with van der Waals surface area (Å²) >= 11 is 6.10. The van der Waals surface area contributed by atoms with Crippen molar-refractivity contribution in [3.05, 3.63) is 69.7 Å². The molecule has 0 fully saturated rings. The quantitative estimate of drug-likeness (QED) is 0.675. The van der Waals surface area contributed by atoms with Crippen molar-refractivity contribution >= 4 is 29.7 Å². The fraction of sp³-hybridized carbons (Fsp3) is 0.188. The summed E-state index contributed by atoms with van der Waals surface area (Å²) in [5.41, 5.74) is 2.08. The lowest BCUT2D eigenvalue weighted by Crippen LogP contribution is -2.15. The van der Waals surface area contributed by atoms with Crippen LogP contribution in [0.3, 0.4) is 0 Å². The second kappa shape index (κ2) is 6.31. The molecule has 0 saturated carbocycles. The summed E-state index contributed by atoms with van der Waals surface area (Å²) in [6, 6.07) is 10.9. The highest BCUT2D eigenvalue weighted by Crippen LogP contribution is 2.33. The van der Waals surface area contributed by atoms with Crippen LogP contribution in [0.25, 0.3) is 0 Å². The minimum atomic E-state index is -4.39. The molecule has 1 nitrogen and oxygen atoms in total. The standard InChI is InChI=1S/C16H11ClF3N.ClH/c17-14-6-5-11(16(18,19)20)9-13(14)15-12-4-2-1-3-10(12)7-8-21-15;/h1-6,9H,7-8H2;1H. The van der Waals surface area contributed by atoms with Gasteiger partial charge in [0.05, 0.1) is 11.3 Å². The molecule has 0 unspecified atom stereocenters. The lowest BCUT2D eigenvalue weighted by Gasteiger charge is -2.19. The van der Waals surface area contributed by atoms with E-state index in [1.165, 1.54) is 6.07 Å². The average molecular weight is 346 g/mol. The van der Waals surface area contributed by atoms with Crippen LogP contribution in [0.2, 0.25) is 5.02 Å². The van der Waals surface area contributed by atoms with Gasteiger partial charge in [-0.2, -0.15) is 13.2 Å². The second-order valence-electron chi connectivity index (χ2n) is 4.83. The molecule has 0 amide bonds. The topological polar surface area (TPSA) is 12.4 Å². The first-order chi connectivity index (χ1) is 9.97. The Morgan fingerprint density at radius 3 is 2.45 bits per heavy atom. The van der Waals surface area contributed by atoms with E-state index in [-0.39, 0.29) is 17.4 Å². The van der Waals surface area contributed by atoms with Gasteiger partial charge in [0.1, 0.15) is 0 Å². The summed E-state index contributed by atoms with van der Waals surface area (Å²) in [4.78, 5) is 4.39. The van der Waals surface area contributed by atoms with E-state index in [0.717, 1.165) is 29.7 Å². The fourth-order valence-corrected chi connectivity index (χ4v) is 2.66. The SMILES string of the molecule is Cl.FC(F)(F)c1ccc(Cl)c(C2=NCCc3ccccc32)c1. The number of hydrogen-bond donors (Lipinski definition) is 0. The molecule has 2 aromatic rings. The van der Waals surface area contributed by atoms with Crippen LogP contribution >= 0.6 is 24.0 Å². The highest BCUT2D eigenvalue weighted by molar-refractivity contribution is 6.35. The van der Waals surface area contributed by atoms with Gasteiger partial charge in [0.25, 0.3) is 0 Å². The summed E-state index contributed by atoms with van der Waals surface area (Å²) in [5, 5.41) is 0.276. The molecule has 6 heteroatoms. The third-order valence-corrected chi connectivity index (χ3v) is 3.80. The van der Waals surface area contributed by atoms with Crippen LogP contribution in [-0.2, 0) is 12.6 Å². The molecule has 1 heterocycles. The molecule has 0 spiro atoms. The van der Waals surface area contributed by atoms with Gasteiger partial charge in [0.2, 0.25) is 0 Å². The van der Waals surface area contributed by atoms with Gasteiger partial charge in [-0.3, -0.25) is 4.99 Å². The van der Waals surface area contributed by atoms with E-state index in [9.17, 15) is 13.2 Å². The zero-order valence-electron chi connectivity index (χ0n) is 11.3. The Balaban J connectivity index is 0.00000176.